The second kappa shape index (κ2) is 8.99. The van der Waals surface area contributed by atoms with Gasteiger partial charge in [0.2, 0.25) is 11.9 Å². The highest BCUT2D eigenvalue weighted by Gasteiger charge is 2.11. The number of nitrogens with one attached hydrogen (secondary N) is 1. The number of carbonyl (C=O) groups is 2. The Balaban J connectivity index is 1.63. The SMILES string of the molecule is CN(Cc1cnc2nc(N)nc(N)c2n1)c1ccc(C(=O)NCCCC(N)=O)cc1. The predicted molar refractivity (Wildman–Crippen MR) is 113 cm³/mol. The van der Waals surface area contributed by atoms with Crippen LogP contribution < -0.4 is 27.4 Å². The molecular weight excluding hydrogens is 386 g/mol. The molecule has 0 saturated heterocycles. The molecule has 2 aromatic heterocycles. The zero-order valence-corrected chi connectivity index (χ0v) is 16.5. The second-order valence-corrected chi connectivity index (χ2v) is 6.73. The first-order valence-electron chi connectivity index (χ1n) is 9.26. The van der Waals surface area contributed by atoms with Crippen molar-refractivity contribution >= 4 is 40.4 Å². The molecule has 0 aliphatic rings. The highest BCUT2D eigenvalue weighted by atomic mass is 16.2. The quantitative estimate of drug-likeness (QED) is 0.378. The minimum Gasteiger partial charge on any atom is -0.382 e. The van der Waals surface area contributed by atoms with Gasteiger partial charge in [0.15, 0.2) is 17.0 Å². The average Bonchev–Trinajstić information content (AvgIpc) is 2.71. The van der Waals surface area contributed by atoms with Gasteiger partial charge in [0, 0.05) is 31.3 Å². The fraction of sp³-hybridized carbons (Fsp3) is 0.263. The molecule has 156 valence electrons. The fourth-order valence-corrected chi connectivity index (χ4v) is 2.83. The normalized spacial score (nSPS) is 10.7. The van der Waals surface area contributed by atoms with Crippen molar-refractivity contribution in [2.24, 2.45) is 5.73 Å². The first-order chi connectivity index (χ1) is 14.3. The van der Waals surface area contributed by atoms with Gasteiger partial charge in [0.25, 0.3) is 5.91 Å². The molecule has 0 saturated carbocycles. The minimum absolute atomic E-state index is 0.0520. The molecule has 11 heteroatoms. The first-order valence-corrected chi connectivity index (χ1v) is 9.26. The predicted octanol–water partition coefficient (Wildman–Crippen LogP) is 0.216. The molecule has 0 spiro atoms. The monoisotopic (exact) mass is 409 g/mol. The number of anilines is 3. The van der Waals surface area contributed by atoms with Gasteiger partial charge < -0.3 is 27.4 Å². The fourth-order valence-electron chi connectivity index (χ4n) is 2.83. The van der Waals surface area contributed by atoms with E-state index in [1.165, 1.54) is 0 Å². The van der Waals surface area contributed by atoms with Crippen molar-refractivity contribution in [2.75, 3.05) is 30.0 Å². The van der Waals surface area contributed by atoms with Crippen molar-refractivity contribution in [3.8, 4) is 0 Å². The largest absolute Gasteiger partial charge is 0.382 e. The molecule has 0 aliphatic carbocycles. The molecule has 0 unspecified atom stereocenters. The lowest BCUT2D eigenvalue weighted by Gasteiger charge is -2.19. The number of fused-ring (bicyclic) bond motifs is 1. The summed E-state index contributed by atoms with van der Waals surface area (Å²) in [5.41, 5.74) is 19.4. The van der Waals surface area contributed by atoms with Crippen molar-refractivity contribution < 1.29 is 9.59 Å². The Kier molecular flexibility index (Phi) is 6.20. The Morgan fingerprint density at radius 1 is 1.10 bits per heavy atom. The standard InChI is InChI=1S/C19H23N9O2/c1-28(10-12-9-24-17-15(25-12)16(21)26-19(22)27-17)13-6-4-11(5-7-13)18(30)23-8-2-3-14(20)29/h4-7,9H,2-3,8,10H2,1H3,(H2,20,29)(H,23,30)(H4,21,22,24,26,27). The Hall–Kier alpha value is -4.02. The topological polar surface area (TPSA) is 179 Å². The molecule has 0 atom stereocenters. The van der Waals surface area contributed by atoms with Crippen LogP contribution in [0.25, 0.3) is 11.2 Å². The summed E-state index contributed by atoms with van der Waals surface area (Å²) in [5.74, 6) is -0.354. The number of benzene rings is 1. The molecule has 2 amide bonds. The average molecular weight is 409 g/mol. The summed E-state index contributed by atoms with van der Waals surface area (Å²) in [6.45, 7) is 0.855. The summed E-state index contributed by atoms with van der Waals surface area (Å²) in [6.07, 6.45) is 2.36. The Morgan fingerprint density at radius 3 is 2.53 bits per heavy atom. The number of aromatic nitrogens is 4. The number of primary amides is 1. The van der Waals surface area contributed by atoms with Gasteiger partial charge in [-0.15, -0.1) is 0 Å². The molecule has 3 rings (SSSR count). The summed E-state index contributed by atoms with van der Waals surface area (Å²) in [7, 11) is 1.90. The number of amides is 2. The van der Waals surface area contributed by atoms with Gasteiger partial charge in [-0.2, -0.15) is 9.97 Å². The molecule has 0 radical (unpaired) electrons. The number of hydrogen-bond donors (Lipinski definition) is 4. The minimum atomic E-state index is -0.382. The summed E-state index contributed by atoms with van der Waals surface area (Å²) >= 11 is 0. The zero-order chi connectivity index (χ0) is 21.7. The van der Waals surface area contributed by atoms with Crippen LogP contribution in [-0.4, -0.2) is 45.3 Å². The lowest BCUT2D eigenvalue weighted by Crippen LogP contribution is -2.25. The molecule has 0 aliphatic heterocycles. The van der Waals surface area contributed by atoms with E-state index in [1.54, 1.807) is 18.3 Å². The lowest BCUT2D eigenvalue weighted by atomic mass is 10.1. The molecule has 30 heavy (non-hydrogen) atoms. The number of hydrogen-bond acceptors (Lipinski definition) is 9. The maximum absolute atomic E-state index is 12.2. The van der Waals surface area contributed by atoms with Gasteiger partial charge in [-0.05, 0) is 30.7 Å². The van der Waals surface area contributed by atoms with Gasteiger partial charge in [0.05, 0.1) is 18.4 Å². The number of rotatable bonds is 8. The van der Waals surface area contributed by atoms with E-state index in [2.05, 4.69) is 25.3 Å². The van der Waals surface area contributed by atoms with Gasteiger partial charge in [-0.3, -0.25) is 9.59 Å². The van der Waals surface area contributed by atoms with Crippen LogP contribution in [0.1, 0.15) is 28.9 Å². The van der Waals surface area contributed by atoms with E-state index in [0.29, 0.717) is 41.9 Å². The van der Waals surface area contributed by atoms with Crippen molar-refractivity contribution in [1.29, 1.82) is 0 Å². The van der Waals surface area contributed by atoms with Crippen molar-refractivity contribution in [2.45, 2.75) is 19.4 Å². The Morgan fingerprint density at radius 2 is 1.83 bits per heavy atom. The number of nitrogen functional groups attached to an aromatic ring is 2. The van der Waals surface area contributed by atoms with E-state index in [1.807, 2.05) is 24.1 Å². The molecule has 3 aromatic rings. The second-order valence-electron chi connectivity index (χ2n) is 6.73. The van der Waals surface area contributed by atoms with Gasteiger partial charge in [-0.25, -0.2) is 9.97 Å². The van der Waals surface area contributed by atoms with E-state index < -0.39 is 0 Å². The van der Waals surface area contributed by atoms with Crippen LogP contribution in [0.5, 0.6) is 0 Å². The number of nitrogens with zero attached hydrogens (tertiary/aromatic N) is 5. The number of nitrogens with two attached hydrogens (primary N) is 3. The Bertz CT molecular complexity index is 1070. The zero-order valence-electron chi connectivity index (χ0n) is 16.5. The van der Waals surface area contributed by atoms with Crippen LogP contribution in [0.15, 0.2) is 30.5 Å². The van der Waals surface area contributed by atoms with Crippen LogP contribution in [0.3, 0.4) is 0 Å². The van der Waals surface area contributed by atoms with Crippen LogP contribution in [0, 0.1) is 0 Å². The van der Waals surface area contributed by atoms with Crippen LogP contribution >= 0.6 is 0 Å². The molecule has 7 N–H and O–H groups in total. The van der Waals surface area contributed by atoms with Crippen LogP contribution in [-0.2, 0) is 11.3 Å². The van der Waals surface area contributed by atoms with E-state index in [9.17, 15) is 9.59 Å². The summed E-state index contributed by atoms with van der Waals surface area (Å²) in [6, 6.07) is 7.14. The lowest BCUT2D eigenvalue weighted by molar-refractivity contribution is -0.118. The van der Waals surface area contributed by atoms with Gasteiger partial charge >= 0.3 is 0 Å². The summed E-state index contributed by atoms with van der Waals surface area (Å²) in [5, 5.41) is 2.76. The number of carbonyl (C=O) groups excluding carboxylic acids is 2. The van der Waals surface area contributed by atoms with Gasteiger partial charge in [-0.1, -0.05) is 0 Å². The third-order valence-corrected chi connectivity index (χ3v) is 4.36. The van der Waals surface area contributed by atoms with E-state index in [0.717, 1.165) is 5.69 Å². The third kappa shape index (κ3) is 5.07. The van der Waals surface area contributed by atoms with E-state index in [4.69, 9.17) is 17.2 Å². The molecular formula is C19H23N9O2. The first kappa shape index (κ1) is 20.7. The van der Waals surface area contributed by atoms with Crippen molar-refractivity contribution in [1.82, 2.24) is 25.3 Å². The highest BCUT2D eigenvalue weighted by Crippen LogP contribution is 2.18. The van der Waals surface area contributed by atoms with E-state index >= 15 is 0 Å². The van der Waals surface area contributed by atoms with Gasteiger partial charge in [0.1, 0.15) is 0 Å². The molecule has 0 fully saturated rings. The van der Waals surface area contributed by atoms with E-state index in [-0.39, 0.29) is 30.0 Å². The maximum Gasteiger partial charge on any atom is 0.251 e. The van der Waals surface area contributed by atoms with Crippen molar-refractivity contribution in [3.63, 3.8) is 0 Å². The maximum atomic E-state index is 12.2. The smallest absolute Gasteiger partial charge is 0.251 e. The molecule has 1 aromatic carbocycles. The highest BCUT2D eigenvalue weighted by molar-refractivity contribution is 5.94. The summed E-state index contributed by atoms with van der Waals surface area (Å²) < 4.78 is 0. The third-order valence-electron chi connectivity index (χ3n) is 4.36. The van der Waals surface area contributed by atoms with Crippen LogP contribution in [0.4, 0.5) is 17.5 Å². The van der Waals surface area contributed by atoms with Crippen molar-refractivity contribution in [3.05, 3.63) is 41.7 Å². The Labute approximate surface area is 172 Å². The van der Waals surface area contributed by atoms with Crippen LogP contribution in [0.2, 0.25) is 0 Å². The molecule has 2 heterocycles. The summed E-state index contributed by atoms with van der Waals surface area (Å²) in [4.78, 5) is 41.5. The molecule has 11 nitrogen and oxygen atoms in total. The molecule has 0 bridgehead atoms.